The van der Waals surface area contributed by atoms with Crippen LogP contribution in [0.15, 0.2) is 29.3 Å². The highest BCUT2D eigenvalue weighted by atomic mass is 16.6. The van der Waals surface area contributed by atoms with Crippen LogP contribution >= 0.6 is 0 Å². The second-order valence-corrected chi connectivity index (χ2v) is 6.20. The Kier molecular flexibility index (Phi) is 8.38. The molecular formula is C19H29N5O4. The summed E-state index contributed by atoms with van der Waals surface area (Å²) in [5.74, 6) is 1.30. The normalized spacial score (nSPS) is 14.5. The Morgan fingerprint density at radius 1 is 1.07 bits per heavy atom. The highest BCUT2D eigenvalue weighted by Crippen LogP contribution is 2.10. The lowest BCUT2D eigenvalue weighted by Gasteiger charge is -2.35. The molecule has 0 radical (unpaired) electrons. The van der Waals surface area contributed by atoms with E-state index in [-0.39, 0.29) is 18.5 Å². The van der Waals surface area contributed by atoms with Gasteiger partial charge in [-0.3, -0.25) is 9.79 Å². The van der Waals surface area contributed by atoms with Crippen LogP contribution in [0.25, 0.3) is 0 Å². The van der Waals surface area contributed by atoms with Gasteiger partial charge in [-0.2, -0.15) is 0 Å². The van der Waals surface area contributed by atoms with E-state index in [4.69, 9.17) is 9.47 Å². The molecule has 1 fully saturated rings. The minimum absolute atomic E-state index is 0.123. The van der Waals surface area contributed by atoms with Crippen molar-refractivity contribution < 1.29 is 19.1 Å². The van der Waals surface area contributed by atoms with Crippen molar-refractivity contribution in [2.24, 2.45) is 4.99 Å². The van der Waals surface area contributed by atoms with Gasteiger partial charge in [-0.05, 0) is 24.6 Å². The Morgan fingerprint density at radius 3 is 2.29 bits per heavy atom. The number of aliphatic imine (C=N–C) groups is 1. The van der Waals surface area contributed by atoms with E-state index >= 15 is 0 Å². The van der Waals surface area contributed by atoms with Gasteiger partial charge < -0.3 is 29.9 Å². The second kappa shape index (κ2) is 11.0. The van der Waals surface area contributed by atoms with Crippen molar-refractivity contribution in [1.29, 1.82) is 0 Å². The highest BCUT2D eigenvalue weighted by Gasteiger charge is 2.23. The van der Waals surface area contributed by atoms with Gasteiger partial charge in [0.25, 0.3) is 0 Å². The third-order valence-electron chi connectivity index (χ3n) is 4.37. The number of rotatable bonds is 6. The SMILES string of the molecule is CCOC(=O)N1CCN(C(=NC)NCC(=O)NCc2ccc(OC)cc2)CC1. The van der Waals surface area contributed by atoms with Crippen LogP contribution in [0.1, 0.15) is 12.5 Å². The first-order chi connectivity index (χ1) is 13.6. The van der Waals surface area contributed by atoms with E-state index < -0.39 is 0 Å². The van der Waals surface area contributed by atoms with Gasteiger partial charge in [0, 0.05) is 39.8 Å². The quantitative estimate of drug-likeness (QED) is 0.546. The number of guanidine groups is 1. The number of nitrogens with one attached hydrogen (secondary N) is 2. The van der Waals surface area contributed by atoms with E-state index in [1.807, 2.05) is 29.2 Å². The lowest BCUT2D eigenvalue weighted by molar-refractivity contribution is -0.120. The van der Waals surface area contributed by atoms with Crippen molar-refractivity contribution in [2.45, 2.75) is 13.5 Å². The third kappa shape index (κ3) is 6.33. The molecule has 0 unspecified atom stereocenters. The first-order valence-corrected chi connectivity index (χ1v) is 9.34. The number of benzene rings is 1. The van der Waals surface area contributed by atoms with Crippen molar-refractivity contribution in [3.8, 4) is 5.75 Å². The minimum atomic E-state index is -0.289. The third-order valence-corrected chi connectivity index (χ3v) is 4.37. The zero-order chi connectivity index (χ0) is 20.4. The molecule has 1 aliphatic rings. The molecule has 2 N–H and O–H groups in total. The topological polar surface area (TPSA) is 95.5 Å². The smallest absolute Gasteiger partial charge is 0.409 e. The van der Waals surface area contributed by atoms with Crippen molar-refractivity contribution in [2.75, 3.05) is 53.5 Å². The molecule has 1 aromatic carbocycles. The fourth-order valence-corrected chi connectivity index (χ4v) is 2.81. The molecule has 1 aliphatic heterocycles. The van der Waals surface area contributed by atoms with E-state index in [2.05, 4.69) is 15.6 Å². The van der Waals surface area contributed by atoms with E-state index in [0.717, 1.165) is 11.3 Å². The number of methoxy groups -OCH3 is 1. The predicted octanol–water partition coefficient (Wildman–Crippen LogP) is 0.661. The first kappa shape index (κ1) is 21.3. The maximum atomic E-state index is 12.1. The summed E-state index contributed by atoms with van der Waals surface area (Å²) in [5, 5.41) is 5.94. The summed E-state index contributed by atoms with van der Waals surface area (Å²) in [6, 6.07) is 7.54. The molecular weight excluding hydrogens is 362 g/mol. The van der Waals surface area contributed by atoms with Crippen molar-refractivity contribution in [1.82, 2.24) is 20.4 Å². The fraction of sp³-hybridized carbons (Fsp3) is 0.526. The van der Waals surface area contributed by atoms with Gasteiger partial charge in [0.15, 0.2) is 5.96 Å². The maximum Gasteiger partial charge on any atom is 0.409 e. The van der Waals surface area contributed by atoms with Crippen LogP contribution in [0, 0.1) is 0 Å². The molecule has 9 nitrogen and oxygen atoms in total. The van der Waals surface area contributed by atoms with E-state index in [9.17, 15) is 9.59 Å². The van der Waals surface area contributed by atoms with E-state index in [1.54, 1.807) is 26.0 Å². The lowest BCUT2D eigenvalue weighted by atomic mass is 10.2. The standard InChI is InChI=1S/C19H29N5O4/c1-4-28-19(26)24-11-9-23(10-12-24)18(20-2)22-14-17(25)21-13-15-5-7-16(27-3)8-6-15/h5-8H,4,9-14H2,1-3H3,(H,20,22)(H,21,25). The molecule has 28 heavy (non-hydrogen) atoms. The van der Waals surface area contributed by atoms with Gasteiger partial charge in [-0.25, -0.2) is 4.79 Å². The summed E-state index contributed by atoms with van der Waals surface area (Å²) in [6.07, 6.45) is -0.289. The van der Waals surface area contributed by atoms with Crippen LogP contribution < -0.4 is 15.4 Å². The molecule has 154 valence electrons. The number of piperazine rings is 1. The fourth-order valence-electron chi connectivity index (χ4n) is 2.81. The minimum Gasteiger partial charge on any atom is -0.497 e. The molecule has 0 aliphatic carbocycles. The van der Waals surface area contributed by atoms with Gasteiger partial charge in [0.1, 0.15) is 5.75 Å². The highest BCUT2D eigenvalue weighted by molar-refractivity contribution is 5.86. The number of ether oxygens (including phenoxy) is 2. The first-order valence-electron chi connectivity index (χ1n) is 9.34. The molecule has 1 aromatic rings. The Morgan fingerprint density at radius 2 is 1.71 bits per heavy atom. The summed E-state index contributed by atoms with van der Waals surface area (Å²) in [4.78, 5) is 31.8. The molecule has 1 saturated heterocycles. The molecule has 0 aromatic heterocycles. The summed E-state index contributed by atoms with van der Waals surface area (Å²) in [6.45, 7) is 5.11. The molecule has 2 amide bonds. The predicted molar refractivity (Wildman–Crippen MR) is 106 cm³/mol. The van der Waals surface area contributed by atoms with Crippen LogP contribution in [0.3, 0.4) is 0 Å². The summed E-state index contributed by atoms with van der Waals surface area (Å²) >= 11 is 0. The van der Waals surface area contributed by atoms with Gasteiger partial charge in [0.05, 0.1) is 20.3 Å². The molecule has 0 bridgehead atoms. The average Bonchev–Trinajstić information content (AvgIpc) is 2.73. The lowest BCUT2D eigenvalue weighted by Crippen LogP contribution is -2.54. The summed E-state index contributed by atoms with van der Waals surface area (Å²) in [7, 11) is 3.29. The molecule has 0 atom stereocenters. The average molecular weight is 391 g/mol. The Bertz CT molecular complexity index is 669. The molecule has 9 heteroatoms. The van der Waals surface area contributed by atoms with Crippen LogP contribution in [0.5, 0.6) is 5.75 Å². The zero-order valence-electron chi connectivity index (χ0n) is 16.7. The second-order valence-electron chi connectivity index (χ2n) is 6.20. The summed E-state index contributed by atoms with van der Waals surface area (Å²) < 4.78 is 10.1. The van der Waals surface area contributed by atoms with Crippen molar-refractivity contribution in [3.05, 3.63) is 29.8 Å². The number of hydrogen-bond acceptors (Lipinski definition) is 5. The van der Waals surface area contributed by atoms with E-state index in [1.165, 1.54) is 0 Å². The Labute approximate surface area is 165 Å². The van der Waals surface area contributed by atoms with Gasteiger partial charge >= 0.3 is 6.09 Å². The van der Waals surface area contributed by atoms with Crippen LogP contribution in [-0.2, 0) is 16.1 Å². The summed E-state index contributed by atoms with van der Waals surface area (Å²) in [5.41, 5.74) is 0.994. The monoisotopic (exact) mass is 391 g/mol. The number of nitrogens with zero attached hydrogens (tertiary/aromatic N) is 3. The number of carbonyl (C=O) groups excluding carboxylic acids is 2. The van der Waals surface area contributed by atoms with Crippen molar-refractivity contribution >= 4 is 18.0 Å². The van der Waals surface area contributed by atoms with Gasteiger partial charge in [-0.1, -0.05) is 12.1 Å². The number of hydrogen-bond donors (Lipinski definition) is 2. The number of carbonyl (C=O) groups is 2. The molecule has 1 heterocycles. The molecule has 2 rings (SSSR count). The maximum absolute atomic E-state index is 12.1. The largest absolute Gasteiger partial charge is 0.497 e. The molecule has 0 saturated carbocycles. The number of amides is 2. The van der Waals surface area contributed by atoms with Crippen molar-refractivity contribution in [3.63, 3.8) is 0 Å². The van der Waals surface area contributed by atoms with E-state index in [0.29, 0.717) is 45.3 Å². The molecule has 0 spiro atoms. The van der Waals surface area contributed by atoms with Crippen LogP contribution in [-0.4, -0.2) is 81.2 Å². The Hall–Kier alpha value is -2.97. The van der Waals surface area contributed by atoms with Gasteiger partial charge in [-0.15, -0.1) is 0 Å². The van der Waals surface area contributed by atoms with Crippen LogP contribution in [0.2, 0.25) is 0 Å². The Balaban J connectivity index is 1.72. The van der Waals surface area contributed by atoms with Gasteiger partial charge in [0.2, 0.25) is 5.91 Å². The zero-order valence-corrected chi connectivity index (χ0v) is 16.7. The van der Waals surface area contributed by atoms with Crippen LogP contribution in [0.4, 0.5) is 4.79 Å².